The largest absolute Gasteiger partial charge is 0.379 e. The molecule has 2 fully saturated rings. The number of hydrogen-bond acceptors (Lipinski definition) is 5. The van der Waals surface area contributed by atoms with Crippen molar-refractivity contribution in [2.75, 3.05) is 44.3 Å². The molecule has 0 aliphatic carbocycles. The van der Waals surface area contributed by atoms with E-state index in [0.717, 1.165) is 50.8 Å². The van der Waals surface area contributed by atoms with Crippen molar-refractivity contribution in [1.29, 1.82) is 0 Å². The molecule has 2 saturated heterocycles. The molecule has 1 aromatic rings. The summed E-state index contributed by atoms with van der Waals surface area (Å²) in [6, 6.07) is 4.89. The molecule has 110 valence electrons. The van der Waals surface area contributed by atoms with Gasteiger partial charge in [0.2, 0.25) is 0 Å². The highest BCUT2D eigenvalue weighted by Crippen LogP contribution is 2.22. The van der Waals surface area contributed by atoms with E-state index >= 15 is 0 Å². The molecule has 0 radical (unpaired) electrons. The number of rotatable bonds is 3. The molecule has 0 spiro atoms. The van der Waals surface area contributed by atoms with Gasteiger partial charge in [-0.05, 0) is 25.0 Å². The second-order valence-corrected chi connectivity index (χ2v) is 5.78. The molecule has 2 atom stereocenters. The third-order valence-corrected chi connectivity index (χ3v) is 4.35. The van der Waals surface area contributed by atoms with E-state index in [1.807, 2.05) is 13.1 Å². The number of nitrogens with two attached hydrogens (primary N) is 1. The summed E-state index contributed by atoms with van der Waals surface area (Å²) in [5, 5.41) is 0. The second kappa shape index (κ2) is 6.08. The van der Waals surface area contributed by atoms with Crippen molar-refractivity contribution in [2.45, 2.75) is 25.4 Å². The maximum Gasteiger partial charge on any atom is 0.128 e. The van der Waals surface area contributed by atoms with Crippen LogP contribution in [-0.4, -0.2) is 55.3 Å². The zero-order chi connectivity index (χ0) is 13.9. The first kappa shape index (κ1) is 13.8. The van der Waals surface area contributed by atoms with Crippen LogP contribution in [0.1, 0.15) is 24.9 Å². The van der Waals surface area contributed by atoms with Crippen LogP contribution < -0.4 is 10.6 Å². The summed E-state index contributed by atoms with van der Waals surface area (Å²) in [6.45, 7) is 8.03. The average Bonchev–Trinajstić information content (AvgIpc) is 2.98. The highest BCUT2D eigenvalue weighted by Gasteiger charge is 2.29. The van der Waals surface area contributed by atoms with Gasteiger partial charge in [0.05, 0.1) is 13.2 Å². The highest BCUT2D eigenvalue weighted by atomic mass is 16.5. The van der Waals surface area contributed by atoms with Gasteiger partial charge in [-0.3, -0.25) is 4.90 Å². The standard InChI is InChI=1S/C15H24N4O/c1-12(16)13-2-3-15(17-10-13)19-5-4-14(11-19)18-6-8-20-9-7-18/h2-3,10,12,14H,4-9,11,16H2,1H3/t12-,14?/m0/s1. The van der Waals surface area contributed by atoms with E-state index in [2.05, 4.69) is 26.9 Å². The van der Waals surface area contributed by atoms with Crippen molar-refractivity contribution >= 4 is 5.82 Å². The number of anilines is 1. The average molecular weight is 276 g/mol. The predicted molar refractivity (Wildman–Crippen MR) is 79.8 cm³/mol. The Balaban J connectivity index is 1.61. The molecule has 3 rings (SSSR count). The lowest BCUT2D eigenvalue weighted by molar-refractivity contribution is 0.0209. The Kier molecular flexibility index (Phi) is 4.19. The zero-order valence-electron chi connectivity index (χ0n) is 12.2. The number of ether oxygens (including phenoxy) is 1. The van der Waals surface area contributed by atoms with E-state index < -0.39 is 0 Å². The summed E-state index contributed by atoms with van der Waals surface area (Å²) < 4.78 is 5.43. The molecular weight excluding hydrogens is 252 g/mol. The molecule has 20 heavy (non-hydrogen) atoms. The summed E-state index contributed by atoms with van der Waals surface area (Å²) in [4.78, 5) is 9.50. The molecule has 5 heteroatoms. The van der Waals surface area contributed by atoms with Gasteiger partial charge in [0.1, 0.15) is 5.82 Å². The van der Waals surface area contributed by atoms with Crippen molar-refractivity contribution in [3.05, 3.63) is 23.9 Å². The molecule has 2 aliphatic rings. The molecule has 2 N–H and O–H groups in total. The van der Waals surface area contributed by atoms with Crippen LogP contribution >= 0.6 is 0 Å². The smallest absolute Gasteiger partial charge is 0.128 e. The lowest BCUT2D eigenvalue weighted by Crippen LogP contribution is -2.44. The van der Waals surface area contributed by atoms with E-state index in [1.54, 1.807) is 0 Å². The van der Waals surface area contributed by atoms with Crippen molar-refractivity contribution in [2.24, 2.45) is 5.73 Å². The lowest BCUT2D eigenvalue weighted by atomic mass is 10.1. The van der Waals surface area contributed by atoms with Crippen LogP contribution in [0.4, 0.5) is 5.82 Å². The van der Waals surface area contributed by atoms with E-state index in [0.29, 0.717) is 6.04 Å². The minimum absolute atomic E-state index is 0.0521. The summed E-state index contributed by atoms with van der Waals surface area (Å²) >= 11 is 0. The normalized spacial score (nSPS) is 25.9. The lowest BCUT2D eigenvalue weighted by Gasteiger charge is -2.32. The Labute approximate surface area is 120 Å². The maximum absolute atomic E-state index is 5.86. The van der Waals surface area contributed by atoms with Gasteiger partial charge >= 0.3 is 0 Å². The second-order valence-electron chi connectivity index (χ2n) is 5.78. The van der Waals surface area contributed by atoms with E-state index in [9.17, 15) is 0 Å². The monoisotopic (exact) mass is 276 g/mol. The molecule has 0 bridgehead atoms. The fourth-order valence-corrected chi connectivity index (χ4v) is 3.04. The van der Waals surface area contributed by atoms with Crippen LogP contribution in [0.3, 0.4) is 0 Å². The molecule has 5 nitrogen and oxygen atoms in total. The van der Waals surface area contributed by atoms with Gasteiger partial charge in [-0.2, -0.15) is 0 Å². The van der Waals surface area contributed by atoms with Crippen molar-refractivity contribution in [3.63, 3.8) is 0 Å². The summed E-state index contributed by atoms with van der Waals surface area (Å²) in [5.74, 6) is 1.07. The van der Waals surface area contributed by atoms with E-state index in [4.69, 9.17) is 10.5 Å². The first-order valence-electron chi connectivity index (χ1n) is 7.52. The Morgan fingerprint density at radius 1 is 1.30 bits per heavy atom. The third-order valence-electron chi connectivity index (χ3n) is 4.35. The summed E-state index contributed by atoms with van der Waals surface area (Å²) in [7, 11) is 0. The first-order chi connectivity index (χ1) is 9.74. The topological polar surface area (TPSA) is 54.6 Å². The van der Waals surface area contributed by atoms with Gasteiger partial charge in [0, 0.05) is 44.5 Å². The third kappa shape index (κ3) is 2.95. The molecule has 2 aliphatic heterocycles. The van der Waals surface area contributed by atoms with Gasteiger partial charge in [-0.15, -0.1) is 0 Å². The van der Waals surface area contributed by atoms with E-state index in [1.165, 1.54) is 6.42 Å². The Bertz CT molecular complexity index is 428. The van der Waals surface area contributed by atoms with Crippen molar-refractivity contribution in [3.8, 4) is 0 Å². The van der Waals surface area contributed by atoms with E-state index in [-0.39, 0.29) is 6.04 Å². The Hall–Kier alpha value is -1.17. The van der Waals surface area contributed by atoms with Crippen LogP contribution in [0, 0.1) is 0 Å². The van der Waals surface area contributed by atoms with Gasteiger partial charge in [0.25, 0.3) is 0 Å². The minimum Gasteiger partial charge on any atom is -0.379 e. The zero-order valence-corrected chi connectivity index (χ0v) is 12.2. The van der Waals surface area contributed by atoms with Gasteiger partial charge < -0.3 is 15.4 Å². The highest BCUT2D eigenvalue weighted by molar-refractivity contribution is 5.41. The molecule has 0 saturated carbocycles. The Morgan fingerprint density at radius 3 is 2.75 bits per heavy atom. The summed E-state index contributed by atoms with van der Waals surface area (Å²) in [6.07, 6.45) is 3.12. The van der Waals surface area contributed by atoms with Crippen LogP contribution in [0.25, 0.3) is 0 Å². The molecule has 0 aromatic carbocycles. The SMILES string of the molecule is C[C@H](N)c1ccc(N2CCC(N3CCOCC3)C2)nc1. The molecular formula is C15H24N4O. The molecule has 0 amide bonds. The maximum atomic E-state index is 5.86. The molecule has 3 heterocycles. The van der Waals surface area contributed by atoms with Crippen LogP contribution in [0.2, 0.25) is 0 Å². The van der Waals surface area contributed by atoms with Gasteiger partial charge in [0.15, 0.2) is 0 Å². The van der Waals surface area contributed by atoms with Gasteiger partial charge in [-0.1, -0.05) is 6.07 Å². The summed E-state index contributed by atoms with van der Waals surface area (Å²) in [5.41, 5.74) is 6.96. The van der Waals surface area contributed by atoms with Crippen molar-refractivity contribution in [1.82, 2.24) is 9.88 Å². The first-order valence-corrected chi connectivity index (χ1v) is 7.52. The fourth-order valence-electron chi connectivity index (χ4n) is 3.04. The van der Waals surface area contributed by atoms with Crippen molar-refractivity contribution < 1.29 is 4.74 Å². The number of morpholine rings is 1. The quantitative estimate of drug-likeness (QED) is 0.893. The minimum atomic E-state index is 0.0521. The van der Waals surface area contributed by atoms with Crippen LogP contribution in [-0.2, 0) is 4.74 Å². The molecule has 1 unspecified atom stereocenters. The number of aromatic nitrogens is 1. The van der Waals surface area contributed by atoms with Crippen LogP contribution in [0.15, 0.2) is 18.3 Å². The Morgan fingerprint density at radius 2 is 2.10 bits per heavy atom. The fraction of sp³-hybridized carbons (Fsp3) is 0.667. The van der Waals surface area contributed by atoms with Crippen LogP contribution in [0.5, 0.6) is 0 Å². The predicted octanol–water partition coefficient (Wildman–Crippen LogP) is 1.01. The number of pyridine rings is 1. The number of hydrogen-bond donors (Lipinski definition) is 1. The molecule has 1 aromatic heterocycles. The number of nitrogens with zero attached hydrogens (tertiary/aromatic N) is 3. The van der Waals surface area contributed by atoms with Gasteiger partial charge in [-0.25, -0.2) is 4.98 Å².